The first kappa shape index (κ1) is 25.5. The normalized spacial score (nSPS) is 16.4. The van der Waals surface area contributed by atoms with Crippen molar-refractivity contribution in [1.82, 2.24) is 5.32 Å². The monoisotopic (exact) mass is 561 g/mol. The summed E-state index contributed by atoms with van der Waals surface area (Å²) in [4.78, 5) is 28.1. The molecule has 182 valence electrons. The van der Waals surface area contributed by atoms with Crippen LogP contribution >= 0.6 is 27.7 Å². The van der Waals surface area contributed by atoms with Crippen molar-refractivity contribution in [2.45, 2.75) is 18.1 Å². The molecular formula is C28H24BrN3O3S. The van der Waals surface area contributed by atoms with Crippen LogP contribution in [-0.4, -0.2) is 30.7 Å². The van der Waals surface area contributed by atoms with Crippen molar-refractivity contribution in [2.75, 3.05) is 18.6 Å². The number of rotatable bonds is 8. The second-order valence-electron chi connectivity index (χ2n) is 8.09. The highest BCUT2D eigenvalue weighted by molar-refractivity contribution is 9.10. The van der Waals surface area contributed by atoms with Gasteiger partial charge in [0.1, 0.15) is 22.4 Å². The van der Waals surface area contributed by atoms with Crippen LogP contribution in [0.1, 0.15) is 11.1 Å². The predicted molar refractivity (Wildman–Crippen MR) is 145 cm³/mol. The minimum Gasteiger partial charge on any atom is -0.497 e. The van der Waals surface area contributed by atoms with Crippen LogP contribution in [0.3, 0.4) is 0 Å². The van der Waals surface area contributed by atoms with E-state index >= 15 is 0 Å². The number of nitriles is 1. The molecule has 2 amide bonds. The molecule has 1 saturated heterocycles. The van der Waals surface area contributed by atoms with E-state index in [0.29, 0.717) is 30.1 Å². The van der Waals surface area contributed by atoms with Gasteiger partial charge in [0, 0.05) is 16.7 Å². The molecule has 1 N–H and O–H groups in total. The van der Waals surface area contributed by atoms with Crippen LogP contribution in [0.25, 0.3) is 0 Å². The fourth-order valence-corrected chi connectivity index (χ4v) is 5.41. The second-order valence-corrected chi connectivity index (χ2v) is 10.2. The Kier molecular flexibility index (Phi) is 8.47. The first-order valence-corrected chi connectivity index (χ1v) is 13.0. The number of thioether (sulfide) groups is 1. The van der Waals surface area contributed by atoms with Gasteiger partial charge in [0.25, 0.3) is 5.91 Å². The third kappa shape index (κ3) is 5.99. The molecule has 0 aliphatic carbocycles. The molecule has 0 radical (unpaired) electrons. The molecule has 1 aliphatic rings. The fourth-order valence-electron chi connectivity index (χ4n) is 3.83. The molecule has 6 nitrogen and oxygen atoms in total. The van der Waals surface area contributed by atoms with Crippen molar-refractivity contribution in [3.63, 3.8) is 0 Å². The number of carbonyl (C=O) groups is 2. The number of para-hydroxylation sites is 1. The van der Waals surface area contributed by atoms with Gasteiger partial charge in [-0.1, -0.05) is 70.2 Å². The summed E-state index contributed by atoms with van der Waals surface area (Å²) in [6.45, 7) is 0.357. The van der Waals surface area contributed by atoms with Crippen molar-refractivity contribution in [3.8, 4) is 11.8 Å². The zero-order valence-corrected chi connectivity index (χ0v) is 22.0. The van der Waals surface area contributed by atoms with E-state index in [0.717, 1.165) is 21.3 Å². The minimum absolute atomic E-state index is 0.0646. The Balaban J connectivity index is 1.55. The average molecular weight is 562 g/mol. The van der Waals surface area contributed by atoms with Gasteiger partial charge in [0.2, 0.25) is 5.91 Å². The van der Waals surface area contributed by atoms with E-state index in [1.807, 2.05) is 72.8 Å². The SMILES string of the molecule is COc1ccc(CCNC(=O)C(C#N)=C2SC(Cc3ccc(Br)cc3)C(=O)N2c2ccccc2)cc1. The zero-order valence-electron chi connectivity index (χ0n) is 19.6. The summed E-state index contributed by atoms with van der Waals surface area (Å²) in [5.41, 5.74) is 2.60. The molecule has 3 aromatic rings. The van der Waals surface area contributed by atoms with Gasteiger partial charge in [-0.05, 0) is 60.4 Å². The summed E-state index contributed by atoms with van der Waals surface area (Å²) in [6.07, 6.45) is 1.09. The maximum absolute atomic E-state index is 13.5. The number of anilines is 1. The van der Waals surface area contributed by atoms with Gasteiger partial charge >= 0.3 is 0 Å². The summed E-state index contributed by atoms with van der Waals surface area (Å²) < 4.78 is 6.13. The first-order valence-electron chi connectivity index (χ1n) is 11.4. The van der Waals surface area contributed by atoms with Gasteiger partial charge in [0.05, 0.1) is 12.4 Å². The summed E-state index contributed by atoms with van der Waals surface area (Å²) >= 11 is 4.69. The lowest BCUT2D eigenvalue weighted by molar-refractivity contribution is -0.117. The molecule has 0 spiro atoms. The molecule has 1 fully saturated rings. The predicted octanol–water partition coefficient (Wildman–Crippen LogP) is 5.24. The summed E-state index contributed by atoms with van der Waals surface area (Å²) in [5, 5.41) is 12.7. The summed E-state index contributed by atoms with van der Waals surface area (Å²) in [5.74, 6) is 0.121. The van der Waals surface area contributed by atoms with E-state index in [1.54, 1.807) is 19.2 Å². The fraction of sp³-hybridized carbons (Fsp3) is 0.179. The van der Waals surface area contributed by atoms with Gasteiger partial charge in [0.15, 0.2) is 0 Å². The largest absolute Gasteiger partial charge is 0.497 e. The lowest BCUT2D eigenvalue weighted by Crippen LogP contribution is -2.32. The maximum atomic E-state index is 13.5. The van der Waals surface area contributed by atoms with Crippen LogP contribution in [0.5, 0.6) is 5.75 Å². The van der Waals surface area contributed by atoms with Crippen LogP contribution < -0.4 is 15.0 Å². The van der Waals surface area contributed by atoms with Gasteiger partial charge < -0.3 is 10.1 Å². The number of halogens is 1. The summed E-state index contributed by atoms with van der Waals surface area (Å²) in [6, 6.07) is 26.6. The molecule has 1 heterocycles. The molecule has 1 unspecified atom stereocenters. The molecule has 1 atom stereocenters. The molecule has 36 heavy (non-hydrogen) atoms. The number of hydrogen-bond acceptors (Lipinski definition) is 5. The van der Waals surface area contributed by atoms with E-state index in [2.05, 4.69) is 21.2 Å². The van der Waals surface area contributed by atoms with E-state index in [1.165, 1.54) is 16.7 Å². The molecular weight excluding hydrogens is 538 g/mol. The third-order valence-electron chi connectivity index (χ3n) is 5.71. The average Bonchev–Trinajstić information content (AvgIpc) is 3.22. The molecule has 8 heteroatoms. The highest BCUT2D eigenvalue weighted by Crippen LogP contribution is 2.41. The van der Waals surface area contributed by atoms with E-state index < -0.39 is 11.2 Å². The zero-order chi connectivity index (χ0) is 25.5. The minimum atomic E-state index is -0.494. The Labute approximate surface area is 223 Å². The number of ether oxygens (including phenoxy) is 1. The number of benzene rings is 3. The highest BCUT2D eigenvalue weighted by Gasteiger charge is 2.40. The quantitative estimate of drug-likeness (QED) is 0.300. The molecule has 0 bridgehead atoms. The maximum Gasteiger partial charge on any atom is 0.264 e. The highest BCUT2D eigenvalue weighted by atomic mass is 79.9. The van der Waals surface area contributed by atoms with Crippen LogP contribution in [-0.2, 0) is 22.4 Å². The Morgan fingerprint density at radius 3 is 2.36 bits per heavy atom. The van der Waals surface area contributed by atoms with Crippen LogP contribution in [0, 0.1) is 11.3 Å². The van der Waals surface area contributed by atoms with Gasteiger partial charge in [-0.25, -0.2) is 0 Å². The van der Waals surface area contributed by atoms with Crippen molar-refractivity contribution >= 4 is 45.2 Å². The Morgan fingerprint density at radius 2 is 1.72 bits per heavy atom. The smallest absolute Gasteiger partial charge is 0.264 e. The lowest BCUT2D eigenvalue weighted by atomic mass is 10.1. The van der Waals surface area contributed by atoms with E-state index in [4.69, 9.17) is 4.74 Å². The Morgan fingerprint density at radius 1 is 1.06 bits per heavy atom. The van der Waals surface area contributed by atoms with Crippen molar-refractivity contribution in [3.05, 3.63) is 105 Å². The number of nitrogens with one attached hydrogen (secondary N) is 1. The van der Waals surface area contributed by atoms with E-state index in [9.17, 15) is 14.9 Å². The van der Waals surface area contributed by atoms with Gasteiger partial charge in [-0.3, -0.25) is 14.5 Å². The van der Waals surface area contributed by atoms with Gasteiger partial charge in [-0.15, -0.1) is 0 Å². The van der Waals surface area contributed by atoms with Crippen molar-refractivity contribution in [2.24, 2.45) is 0 Å². The number of carbonyl (C=O) groups excluding carboxylic acids is 2. The molecule has 0 aromatic heterocycles. The molecule has 3 aromatic carbocycles. The second kappa shape index (κ2) is 11.9. The Hall–Kier alpha value is -3.54. The standard InChI is InChI=1S/C28H24BrN3O3S/c1-35-23-13-9-19(10-14-23)15-16-31-26(33)24(18-30)28-32(22-5-3-2-4-6-22)27(34)25(36-28)17-20-7-11-21(29)12-8-20/h2-14,25H,15-17H2,1H3,(H,31,33). The number of hydrogen-bond donors (Lipinski definition) is 1. The van der Waals surface area contributed by atoms with Crippen LogP contribution in [0.15, 0.2) is 93.9 Å². The molecule has 4 rings (SSSR count). The lowest BCUT2D eigenvalue weighted by Gasteiger charge is -2.18. The first-order chi connectivity index (χ1) is 17.5. The van der Waals surface area contributed by atoms with Crippen LogP contribution in [0.4, 0.5) is 5.69 Å². The number of nitrogens with zero attached hydrogens (tertiary/aromatic N) is 2. The summed E-state index contributed by atoms with van der Waals surface area (Å²) in [7, 11) is 1.61. The topological polar surface area (TPSA) is 82.4 Å². The van der Waals surface area contributed by atoms with E-state index in [-0.39, 0.29) is 11.5 Å². The number of amides is 2. The van der Waals surface area contributed by atoms with Gasteiger partial charge in [-0.2, -0.15) is 5.26 Å². The van der Waals surface area contributed by atoms with Crippen molar-refractivity contribution in [1.29, 1.82) is 5.26 Å². The Bertz CT molecular complexity index is 1300. The van der Waals surface area contributed by atoms with Crippen molar-refractivity contribution < 1.29 is 14.3 Å². The number of methoxy groups -OCH3 is 1. The molecule has 1 aliphatic heterocycles. The third-order valence-corrected chi connectivity index (χ3v) is 7.50. The van der Waals surface area contributed by atoms with Crippen LogP contribution in [0.2, 0.25) is 0 Å². The molecule has 0 saturated carbocycles.